The molecule has 0 radical (unpaired) electrons. The summed E-state index contributed by atoms with van der Waals surface area (Å²) in [6, 6.07) is 10.1. The molecule has 0 bridgehead atoms. The van der Waals surface area contributed by atoms with E-state index in [9.17, 15) is 4.79 Å². The predicted molar refractivity (Wildman–Crippen MR) is 68.3 cm³/mol. The Hall–Kier alpha value is -1.35. The van der Waals surface area contributed by atoms with Crippen molar-refractivity contribution in [3.63, 3.8) is 0 Å². The molecular formula is C14H20N2O. The largest absolute Gasteiger partial charge is 0.325 e. The van der Waals surface area contributed by atoms with Gasteiger partial charge in [-0.2, -0.15) is 0 Å². The first kappa shape index (κ1) is 12.1. The molecule has 92 valence electrons. The van der Waals surface area contributed by atoms with Gasteiger partial charge < -0.3 is 4.90 Å². The van der Waals surface area contributed by atoms with Gasteiger partial charge >= 0.3 is 0 Å². The van der Waals surface area contributed by atoms with Crippen molar-refractivity contribution in [2.75, 3.05) is 7.05 Å². The van der Waals surface area contributed by atoms with Crippen molar-refractivity contribution < 1.29 is 4.79 Å². The van der Waals surface area contributed by atoms with Crippen LogP contribution in [0.5, 0.6) is 0 Å². The number of nitrogens with one attached hydrogen (secondary N) is 1. The maximum atomic E-state index is 12.1. The SMILES string of the molecule is CC(C)CC1NC(c2ccccc2)N(C)C1=O. The fourth-order valence-corrected chi connectivity index (χ4v) is 2.34. The Morgan fingerprint density at radius 3 is 2.53 bits per heavy atom. The normalized spacial score (nSPS) is 24.7. The minimum atomic E-state index is -0.0368. The first-order valence-corrected chi connectivity index (χ1v) is 6.17. The zero-order valence-electron chi connectivity index (χ0n) is 10.7. The van der Waals surface area contributed by atoms with Crippen LogP contribution in [0, 0.1) is 5.92 Å². The average molecular weight is 232 g/mol. The van der Waals surface area contributed by atoms with Gasteiger partial charge in [0.1, 0.15) is 6.17 Å². The molecule has 1 aromatic rings. The van der Waals surface area contributed by atoms with E-state index in [2.05, 4.69) is 31.3 Å². The maximum Gasteiger partial charge on any atom is 0.241 e. The Balaban J connectivity index is 2.14. The molecule has 1 aliphatic heterocycles. The molecule has 1 saturated heterocycles. The third-order valence-electron chi connectivity index (χ3n) is 3.21. The lowest BCUT2D eigenvalue weighted by atomic mass is 10.0. The topological polar surface area (TPSA) is 32.3 Å². The van der Waals surface area contributed by atoms with Crippen molar-refractivity contribution in [1.29, 1.82) is 0 Å². The molecule has 1 aromatic carbocycles. The first-order valence-electron chi connectivity index (χ1n) is 6.17. The van der Waals surface area contributed by atoms with E-state index in [1.165, 1.54) is 0 Å². The van der Waals surface area contributed by atoms with Gasteiger partial charge in [-0.1, -0.05) is 44.2 Å². The molecule has 2 unspecified atom stereocenters. The summed E-state index contributed by atoms with van der Waals surface area (Å²) in [4.78, 5) is 13.9. The summed E-state index contributed by atoms with van der Waals surface area (Å²) in [7, 11) is 1.87. The van der Waals surface area contributed by atoms with Crippen molar-refractivity contribution in [3.05, 3.63) is 35.9 Å². The van der Waals surface area contributed by atoms with Gasteiger partial charge in [-0.25, -0.2) is 0 Å². The van der Waals surface area contributed by atoms with Crippen LogP contribution in [-0.4, -0.2) is 23.9 Å². The van der Waals surface area contributed by atoms with E-state index in [1.807, 2.05) is 30.1 Å². The zero-order chi connectivity index (χ0) is 12.4. The summed E-state index contributed by atoms with van der Waals surface area (Å²) in [5.41, 5.74) is 1.15. The Bertz CT molecular complexity index is 388. The summed E-state index contributed by atoms with van der Waals surface area (Å²) in [6.45, 7) is 4.29. The molecule has 1 amide bonds. The van der Waals surface area contributed by atoms with E-state index in [-0.39, 0.29) is 18.1 Å². The summed E-state index contributed by atoms with van der Waals surface area (Å²) in [5.74, 6) is 0.729. The molecule has 1 N–H and O–H groups in total. The molecule has 17 heavy (non-hydrogen) atoms. The van der Waals surface area contributed by atoms with E-state index < -0.39 is 0 Å². The molecule has 1 fully saturated rings. The van der Waals surface area contributed by atoms with Crippen LogP contribution >= 0.6 is 0 Å². The lowest BCUT2D eigenvalue weighted by molar-refractivity contribution is -0.129. The van der Waals surface area contributed by atoms with Gasteiger partial charge in [-0.05, 0) is 17.9 Å². The minimum absolute atomic E-state index is 0.0208. The van der Waals surface area contributed by atoms with Gasteiger partial charge in [-0.15, -0.1) is 0 Å². The second-order valence-electron chi connectivity index (χ2n) is 5.11. The van der Waals surface area contributed by atoms with Crippen molar-refractivity contribution >= 4 is 5.91 Å². The lowest BCUT2D eigenvalue weighted by Crippen LogP contribution is -2.30. The molecule has 2 rings (SSSR count). The lowest BCUT2D eigenvalue weighted by Gasteiger charge is -2.19. The number of likely N-dealkylation sites (N-methyl/N-ethyl adjacent to an activating group) is 1. The van der Waals surface area contributed by atoms with Crippen molar-refractivity contribution in [2.45, 2.75) is 32.5 Å². The molecule has 1 heterocycles. The highest BCUT2D eigenvalue weighted by molar-refractivity contribution is 5.84. The van der Waals surface area contributed by atoms with Gasteiger partial charge in [0.05, 0.1) is 6.04 Å². The summed E-state index contributed by atoms with van der Waals surface area (Å²) in [5, 5.41) is 3.41. The summed E-state index contributed by atoms with van der Waals surface area (Å²) >= 11 is 0. The summed E-state index contributed by atoms with van der Waals surface area (Å²) in [6.07, 6.45) is 0.916. The Labute approximate surface area is 103 Å². The standard InChI is InChI=1S/C14H20N2O/c1-10(2)9-12-14(17)16(3)13(15-12)11-7-5-4-6-8-11/h4-8,10,12-13,15H,9H2,1-3H3. The second-order valence-corrected chi connectivity index (χ2v) is 5.11. The van der Waals surface area contributed by atoms with E-state index in [0.29, 0.717) is 5.92 Å². The number of amides is 1. The smallest absolute Gasteiger partial charge is 0.241 e. The number of hydrogen-bond donors (Lipinski definition) is 1. The molecule has 0 aromatic heterocycles. The van der Waals surface area contributed by atoms with E-state index in [0.717, 1.165) is 12.0 Å². The van der Waals surface area contributed by atoms with Gasteiger partial charge in [0.2, 0.25) is 5.91 Å². The molecule has 3 heteroatoms. The fourth-order valence-electron chi connectivity index (χ4n) is 2.34. The highest BCUT2D eigenvalue weighted by Crippen LogP contribution is 2.25. The van der Waals surface area contributed by atoms with Crippen LogP contribution in [0.25, 0.3) is 0 Å². The fraction of sp³-hybridized carbons (Fsp3) is 0.500. The third kappa shape index (κ3) is 2.50. The van der Waals surface area contributed by atoms with Crippen LogP contribution in [0.2, 0.25) is 0 Å². The van der Waals surface area contributed by atoms with Crippen LogP contribution in [0.3, 0.4) is 0 Å². The van der Waals surface area contributed by atoms with Crippen molar-refractivity contribution in [1.82, 2.24) is 10.2 Å². The first-order chi connectivity index (χ1) is 8.09. The Morgan fingerprint density at radius 2 is 1.94 bits per heavy atom. The molecule has 0 saturated carbocycles. The van der Waals surface area contributed by atoms with E-state index in [4.69, 9.17) is 0 Å². The second kappa shape index (κ2) is 4.88. The van der Waals surface area contributed by atoms with Gasteiger partial charge in [0.25, 0.3) is 0 Å². The number of carbonyl (C=O) groups is 1. The number of benzene rings is 1. The minimum Gasteiger partial charge on any atom is -0.325 e. The van der Waals surface area contributed by atoms with Gasteiger partial charge in [0.15, 0.2) is 0 Å². The van der Waals surface area contributed by atoms with Crippen LogP contribution in [0.1, 0.15) is 32.0 Å². The van der Waals surface area contributed by atoms with Crippen molar-refractivity contribution in [3.8, 4) is 0 Å². The van der Waals surface area contributed by atoms with Crippen LogP contribution in [0.15, 0.2) is 30.3 Å². The van der Waals surface area contributed by atoms with Crippen LogP contribution in [0.4, 0.5) is 0 Å². The third-order valence-corrected chi connectivity index (χ3v) is 3.21. The maximum absolute atomic E-state index is 12.1. The average Bonchev–Trinajstić information content (AvgIpc) is 2.58. The van der Waals surface area contributed by atoms with Crippen molar-refractivity contribution in [2.24, 2.45) is 5.92 Å². The van der Waals surface area contributed by atoms with Gasteiger partial charge in [-0.3, -0.25) is 10.1 Å². The number of rotatable bonds is 3. The number of nitrogens with zero attached hydrogens (tertiary/aromatic N) is 1. The van der Waals surface area contributed by atoms with Crippen LogP contribution in [-0.2, 0) is 4.79 Å². The highest BCUT2D eigenvalue weighted by atomic mass is 16.2. The van der Waals surface area contributed by atoms with Gasteiger partial charge in [0, 0.05) is 7.05 Å². The number of hydrogen-bond acceptors (Lipinski definition) is 2. The van der Waals surface area contributed by atoms with Crippen LogP contribution < -0.4 is 5.32 Å². The molecule has 1 aliphatic rings. The quantitative estimate of drug-likeness (QED) is 0.866. The van der Waals surface area contributed by atoms with E-state index in [1.54, 1.807) is 0 Å². The molecule has 3 nitrogen and oxygen atoms in total. The van der Waals surface area contributed by atoms with E-state index >= 15 is 0 Å². The predicted octanol–water partition coefficient (Wildman–Crippen LogP) is 2.16. The molecule has 2 atom stereocenters. The Kier molecular flexibility index (Phi) is 3.48. The molecular weight excluding hydrogens is 212 g/mol. The molecule has 0 aliphatic carbocycles. The Morgan fingerprint density at radius 1 is 1.29 bits per heavy atom. The number of carbonyl (C=O) groups excluding carboxylic acids is 1. The monoisotopic (exact) mass is 232 g/mol. The molecule has 0 spiro atoms. The summed E-state index contributed by atoms with van der Waals surface area (Å²) < 4.78 is 0. The highest BCUT2D eigenvalue weighted by Gasteiger charge is 2.37. The zero-order valence-corrected chi connectivity index (χ0v) is 10.7.